The van der Waals surface area contributed by atoms with E-state index in [4.69, 9.17) is 0 Å². The zero-order valence-corrected chi connectivity index (χ0v) is 23.3. The Morgan fingerprint density at radius 1 is 0.975 bits per heavy atom. The molecule has 0 aliphatic rings. The average molecular weight is 550 g/mol. The molecule has 0 bridgehead atoms. The number of aromatic nitrogens is 6. The molecule has 0 saturated carbocycles. The van der Waals surface area contributed by atoms with E-state index in [0.717, 1.165) is 49.4 Å². The summed E-state index contributed by atoms with van der Waals surface area (Å²) in [6, 6.07) is 11.7. The van der Waals surface area contributed by atoms with Crippen LogP contribution in [0.3, 0.4) is 0 Å². The van der Waals surface area contributed by atoms with E-state index in [9.17, 15) is 9.59 Å². The molecule has 0 fully saturated rings. The molecular weight excluding hydrogens is 522 g/mol. The Hall–Kier alpha value is -4.70. The van der Waals surface area contributed by atoms with Crippen molar-refractivity contribution >= 4 is 50.7 Å². The molecule has 200 valence electrons. The van der Waals surface area contributed by atoms with Gasteiger partial charge in [0, 0.05) is 52.4 Å². The molecule has 0 aliphatic carbocycles. The van der Waals surface area contributed by atoms with Crippen LogP contribution in [0, 0.1) is 5.41 Å². The number of nitrogens with zero attached hydrogens (tertiary/aromatic N) is 4. The Kier molecular flexibility index (Phi) is 6.26. The lowest BCUT2D eigenvalue weighted by Gasteiger charge is -2.17. The third-order valence-corrected chi connectivity index (χ3v) is 7.65. The fourth-order valence-electron chi connectivity index (χ4n) is 4.66. The molecule has 6 aromatic heterocycles. The Bertz CT molecular complexity index is 1910. The number of hydrogen-bond donors (Lipinski definition) is 3. The van der Waals surface area contributed by atoms with Crippen molar-refractivity contribution in [2.45, 2.75) is 34.1 Å². The maximum Gasteiger partial charge on any atom is 0.224 e. The number of carbonyl (C=O) groups is 2. The number of amides is 1. The number of H-pyrrole nitrogens is 2. The van der Waals surface area contributed by atoms with E-state index in [1.165, 1.54) is 11.3 Å². The standard InChI is InChI=1S/C30H27N7O2S/c1-16(38)24-5-6-25(40-24)28-20-11-23(35-22(20)7-8-32-28)27-21-10-18(14-33-29(21)37-36-27)17-9-19(15-31-13-17)34-26(39)12-30(2,3)4/h5-11,13-15,35H,12H2,1-4H3,(H,34,39)(H,33,36,37). The van der Waals surface area contributed by atoms with Crippen molar-refractivity contribution in [2.24, 2.45) is 5.41 Å². The van der Waals surface area contributed by atoms with Gasteiger partial charge >= 0.3 is 0 Å². The van der Waals surface area contributed by atoms with Crippen molar-refractivity contribution in [1.82, 2.24) is 30.1 Å². The van der Waals surface area contributed by atoms with Crippen LogP contribution in [-0.2, 0) is 4.79 Å². The number of aromatic amines is 2. The van der Waals surface area contributed by atoms with Crippen LogP contribution in [0.1, 0.15) is 43.8 Å². The summed E-state index contributed by atoms with van der Waals surface area (Å²) in [6.07, 6.45) is 7.31. The molecule has 0 atom stereocenters. The van der Waals surface area contributed by atoms with Gasteiger partial charge in [0.25, 0.3) is 0 Å². The lowest BCUT2D eigenvalue weighted by Crippen LogP contribution is -2.19. The molecule has 1 amide bonds. The SMILES string of the molecule is CC(=O)c1ccc(-c2nccc3[nH]c(-c4[nH]nc5ncc(-c6cncc(NC(=O)CC(C)(C)C)c6)cc45)cc23)s1. The van der Waals surface area contributed by atoms with Gasteiger partial charge in [0.2, 0.25) is 5.91 Å². The van der Waals surface area contributed by atoms with E-state index in [1.54, 1.807) is 31.7 Å². The number of fused-ring (bicyclic) bond motifs is 2. The molecule has 9 nitrogen and oxygen atoms in total. The van der Waals surface area contributed by atoms with Gasteiger partial charge in [-0.2, -0.15) is 5.10 Å². The summed E-state index contributed by atoms with van der Waals surface area (Å²) in [5.74, 6) is -0.0108. The van der Waals surface area contributed by atoms with E-state index in [-0.39, 0.29) is 17.1 Å². The van der Waals surface area contributed by atoms with E-state index in [0.29, 0.717) is 22.6 Å². The summed E-state index contributed by atoms with van der Waals surface area (Å²) < 4.78 is 0. The summed E-state index contributed by atoms with van der Waals surface area (Å²) in [5, 5.41) is 12.3. The molecule has 0 spiro atoms. The van der Waals surface area contributed by atoms with Gasteiger partial charge in [-0.1, -0.05) is 20.8 Å². The number of rotatable bonds is 6. The molecule has 0 radical (unpaired) electrons. The first-order chi connectivity index (χ1) is 19.1. The van der Waals surface area contributed by atoms with Crippen molar-refractivity contribution < 1.29 is 9.59 Å². The topological polar surface area (TPSA) is 129 Å². The number of anilines is 1. The van der Waals surface area contributed by atoms with Crippen LogP contribution in [0.25, 0.3) is 55.0 Å². The van der Waals surface area contributed by atoms with Crippen LogP contribution in [0.5, 0.6) is 0 Å². The van der Waals surface area contributed by atoms with Crippen molar-refractivity contribution in [1.29, 1.82) is 0 Å². The zero-order valence-electron chi connectivity index (χ0n) is 22.5. The second kappa shape index (κ2) is 9.80. The van der Waals surface area contributed by atoms with Crippen molar-refractivity contribution in [3.8, 4) is 33.1 Å². The molecule has 0 saturated heterocycles. The van der Waals surface area contributed by atoms with Crippen LogP contribution in [-0.4, -0.2) is 41.8 Å². The highest BCUT2D eigenvalue weighted by molar-refractivity contribution is 7.17. The first kappa shape index (κ1) is 25.6. The van der Waals surface area contributed by atoms with Crippen LogP contribution in [0.4, 0.5) is 5.69 Å². The number of pyridine rings is 3. The number of hydrogen-bond acceptors (Lipinski definition) is 7. The Labute approximate surface area is 234 Å². The van der Waals surface area contributed by atoms with Crippen LogP contribution in [0.2, 0.25) is 0 Å². The fourth-order valence-corrected chi connectivity index (χ4v) is 5.57. The maximum atomic E-state index is 12.5. The molecule has 40 heavy (non-hydrogen) atoms. The average Bonchev–Trinajstić information content (AvgIpc) is 3.65. The highest BCUT2D eigenvalue weighted by Gasteiger charge is 2.18. The maximum absolute atomic E-state index is 12.5. The molecular formula is C30H27N7O2S. The van der Waals surface area contributed by atoms with Crippen molar-refractivity contribution in [3.63, 3.8) is 0 Å². The van der Waals surface area contributed by atoms with Gasteiger partial charge in [0.1, 0.15) is 0 Å². The molecule has 6 aromatic rings. The third-order valence-electron chi connectivity index (χ3n) is 6.46. The monoisotopic (exact) mass is 549 g/mol. The second-order valence-corrected chi connectivity index (χ2v) is 12.0. The summed E-state index contributed by atoms with van der Waals surface area (Å²) in [4.78, 5) is 42.9. The first-order valence-electron chi connectivity index (χ1n) is 12.8. The number of carbonyl (C=O) groups excluding carboxylic acids is 2. The lowest BCUT2D eigenvalue weighted by molar-refractivity contribution is -0.117. The minimum absolute atomic E-state index is 0.0402. The van der Waals surface area contributed by atoms with E-state index in [1.807, 2.05) is 57.2 Å². The van der Waals surface area contributed by atoms with Gasteiger partial charge < -0.3 is 10.3 Å². The Balaban J connectivity index is 1.36. The molecule has 0 aromatic carbocycles. The molecule has 10 heteroatoms. The third kappa shape index (κ3) is 5.01. The smallest absolute Gasteiger partial charge is 0.224 e. The minimum atomic E-state index is -0.109. The van der Waals surface area contributed by atoms with Gasteiger partial charge in [0.05, 0.1) is 38.7 Å². The quantitative estimate of drug-likeness (QED) is 0.194. The van der Waals surface area contributed by atoms with E-state index in [2.05, 4.69) is 35.5 Å². The van der Waals surface area contributed by atoms with E-state index < -0.39 is 0 Å². The zero-order chi connectivity index (χ0) is 28.0. The fraction of sp³-hybridized carbons (Fsp3) is 0.200. The molecule has 6 heterocycles. The second-order valence-electron chi connectivity index (χ2n) is 11.0. The normalized spacial score (nSPS) is 11.8. The summed E-state index contributed by atoms with van der Waals surface area (Å²) in [6.45, 7) is 7.66. The van der Waals surface area contributed by atoms with Gasteiger partial charge in [-0.25, -0.2) is 4.98 Å². The molecule has 3 N–H and O–H groups in total. The largest absolute Gasteiger partial charge is 0.353 e. The number of thiophene rings is 1. The van der Waals surface area contributed by atoms with Crippen LogP contribution < -0.4 is 5.32 Å². The van der Waals surface area contributed by atoms with E-state index >= 15 is 0 Å². The summed E-state index contributed by atoms with van der Waals surface area (Å²) in [5.41, 5.74) is 6.17. The van der Waals surface area contributed by atoms with Gasteiger partial charge in [0.15, 0.2) is 11.4 Å². The highest BCUT2D eigenvalue weighted by atomic mass is 32.1. The van der Waals surface area contributed by atoms with Crippen molar-refractivity contribution in [3.05, 3.63) is 66.1 Å². The molecule has 0 aliphatic heterocycles. The highest BCUT2D eigenvalue weighted by Crippen LogP contribution is 2.36. The summed E-state index contributed by atoms with van der Waals surface area (Å²) >= 11 is 1.44. The minimum Gasteiger partial charge on any atom is -0.353 e. The van der Waals surface area contributed by atoms with Gasteiger partial charge in [-0.15, -0.1) is 11.3 Å². The van der Waals surface area contributed by atoms with Crippen molar-refractivity contribution in [2.75, 3.05) is 5.32 Å². The van der Waals surface area contributed by atoms with Gasteiger partial charge in [-0.05, 0) is 48.7 Å². The predicted octanol–water partition coefficient (Wildman–Crippen LogP) is 6.87. The Morgan fingerprint density at radius 2 is 1.80 bits per heavy atom. The Morgan fingerprint density at radius 3 is 2.58 bits per heavy atom. The summed E-state index contributed by atoms with van der Waals surface area (Å²) in [7, 11) is 0. The number of ketones is 1. The van der Waals surface area contributed by atoms with Crippen LogP contribution >= 0.6 is 11.3 Å². The lowest BCUT2D eigenvalue weighted by atomic mass is 9.92. The molecule has 6 rings (SSSR count). The van der Waals surface area contributed by atoms with Crippen LogP contribution in [0.15, 0.2) is 61.2 Å². The number of nitrogens with one attached hydrogen (secondary N) is 3. The van der Waals surface area contributed by atoms with Gasteiger partial charge in [-0.3, -0.25) is 24.7 Å². The first-order valence-corrected chi connectivity index (χ1v) is 13.6. The molecule has 0 unspecified atom stereocenters. The predicted molar refractivity (Wildman–Crippen MR) is 158 cm³/mol. The number of Topliss-reactive ketones (excluding diaryl/α,β-unsaturated/α-hetero) is 1.